The average Bonchev–Trinajstić information content (AvgIpc) is 2.98. The van der Waals surface area contributed by atoms with Crippen molar-refractivity contribution in [2.75, 3.05) is 0 Å². The molecule has 0 atom stereocenters. The molecule has 0 fully saturated rings. The van der Waals surface area contributed by atoms with Gasteiger partial charge in [0.2, 0.25) is 0 Å². The van der Waals surface area contributed by atoms with Gasteiger partial charge in [0.15, 0.2) is 0 Å². The van der Waals surface area contributed by atoms with Gasteiger partial charge in [-0.3, -0.25) is 0 Å². The van der Waals surface area contributed by atoms with Gasteiger partial charge in [-0.05, 0) is 72.1 Å². The summed E-state index contributed by atoms with van der Waals surface area (Å²) in [7, 11) is 0. The molecule has 1 aliphatic rings. The van der Waals surface area contributed by atoms with Gasteiger partial charge in [0, 0.05) is 5.41 Å². The molecule has 1 N–H and O–H groups in total. The van der Waals surface area contributed by atoms with Crippen molar-refractivity contribution in [3.63, 3.8) is 0 Å². The van der Waals surface area contributed by atoms with E-state index in [4.69, 9.17) is 5.11 Å². The number of benzene rings is 2. The van der Waals surface area contributed by atoms with Crippen molar-refractivity contribution in [2.45, 2.75) is 65.2 Å². The van der Waals surface area contributed by atoms with E-state index in [1.54, 1.807) is 17.7 Å². The summed E-state index contributed by atoms with van der Waals surface area (Å²) in [5.74, 6) is -0.874. The van der Waals surface area contributed by atoms with E-state index in [0.29, 0.717) is 5.56 Å². The summed E-state index contributed by atoms with van der Waals surface area (Å²) >= 11 is 0. The number of hydrogen-bond acceptors (Lipinski definition) is 1. The fourth-order valence-electron chi connectivity index (χ4n) is 5.09. The van der Waals surface area contributed by atoms with Crippen molar-refractivity contribution in [1.82, 2.24) is 0 Å². The van der Waals surface area contributed by atoms with Crippen LogP contribution in [0.25, 0.3) is 5.57 Å². The highest BCUT2D eigenvalue weighted by molar-refractivity contribution is 5.87. The van der Waals surface area contributed by atoms with Gasteiger partial charge in [0.05, 0.1) is 5.56 Å². The highest BCUT2D eigenvalue weighted by Crippen LogP contribution is 2.53. The van der Waals surface area contributed by atoms with Crippen LogP contribution in [-0.4, -0.2) is 11.1 Å². The van der Waals surface area contributed by atoms with Crippen LogP contribution >= 0.6 is 0 Å². The molecule has 0 aromatic heterocycles. The van der Waals surface area contributed by atoms with Gasteiger partial charge in [0.1, 0.15) is 0 Å². The van der Waals surface area contributed by atoms with Crippen LogP contribution in [0.1, 0.15) is 86.0 Å². The molecule has 1 aliphatic carbocycles. The maximum absolute atomic E-state index is 11.1. The van der Waals surface area contributed by atoms with E-state index < -0.39 is 5.97 Å². The van der Waals surface area contributed by atoms with Crippen LogP contribution in [0.3, 0.4) is 0 Å². The number of hydrogen-bond donors (Lipinski definition) is 1. The smallest absolute Gasteiger partial charge is 0.335 e. The van der Waals surface area contributed by atoms with E-state index in [0.717, 1.165) is 37.7 Å². The summed E-state index contributed by atoms with van der Waals surface area (Å²) in [5.41, 5.74) is 9.17. The van der Waals surface area contributed by atoms with Crippen LogP contribution in [0.5, 0.6) is 0 Å². The predicted molar refractivity (Wildman–Crippen MR) is 112 cm³/mol. The van der Waals surface area contributed by atoms with Crippen LogP contribution in [0.2, 0.25) is 0 Å². The Labute approximate surface area is 162 Å². The van der Waals surface area contributed by atoms with Gasteiger partial charge >= 0.3 is 5.97 Å². The fraction of sp³-hybridized carbons (Fsp3) is 0.400. The number of carboxylic acid groups (broad SMARTS) is 1. The first-order valence-corrected chi connectivity index (χ1v) is 10.2. The second-order valence-electron chi connectivity index (χ2n) is 7.47. The first-order chi connectivity index (χ1) is 13.0. The molecule has 2 nitrogen and oxygen atoms in total. The lowest BCUT2D eigenvalue weighted by molar-refractivity contribution is 0.0697. The molecule has 2 aromatic carbocycles. The molecule has 142 valence electrons. The Morgan fingerprint density at radius 1 is 0.926 bits per heavy atom. The summed E-state index contributed by atoms with van der Waals surface area (Å²) in [5, 5.41) is 9.12. The summed E-state index contributed by atoms with van der Waals surface area (Å²) in [6.07, 6.45) is 5.28. The Balaban J connectivity index is 2.10. The number of carbonyl (C=O) groups is 1. The van der Waals surface area contributed by atoms with E-state index in [2.05, 4.69) is 45.9 Å². The fourth-order valence-corrected chi connectivity index (χ4v) is 5.09. The summed E-state index contributed by atoms with van der Waals surface area (Å²) in [6.45, 7) is 9.20. The Kier molecular flexibility index (Phi) is 5.55. The lowest BCUT2D eigenvalue weighted by atomic mass is 9.72. The summed E-state index contributed by atoms with van der Waals surface area (Å²) in [4.78, 5) is 11.1. The first-order valence-electron chi connectivity index (χ1n) is 10.2. The van der Waals surface area contributed by atoms with Crippen LogP contribution < -0.4 is 0 Å². The summed E-state index contributed by atoms with van der Waals surface area (Å²) in [6, 6.07) is 14.1. The molecule has 2 aromatic rings. The molecular weight excluding hydrogens is 332 g/mol. The Morgan fingerprint density at radius 2 is 1.59 bits per heavy atom. The highest BCUT2D eigenvalue weighted by atomic mass is 16.4. The Hall–Kier alpha value is -2.35. The zero-order chi connectivity index (χ0) is 19.6. The first kappa shape index (κ1) is 19.4. The molecule has 0 heterocycles. The molecule has 3 rings (SSSR count). The molecule has 27 heavy (non-hydrogen) atoms. The maximum Gasteiger partial charge on any atom is 0.335 e. The van der Waals surface area contributed by atoms with Crippen molar-refractivity contribution in [1.29, 1.82) is 0 Å². The monoisotopic (exact) mass is 362 g/mol. The number of carboxylic acids is 1. The quantitative estimate of drug-likeness (QED) is 0.601. The molecule has 0 bridgehead atoms. The van der Waals surface area contributed by atoms with Crippen LogP contribution in [0, 0.1) is 0 Å². The molecule has 2 heteroatoms. The SMILES string of the molecule is CCC1=C(CC)C(CC)(CC)c2cccc(Cc3ccc(C(=O)O)cc3)c21. The van der Waals surface area contributed by atoms with Crippen molar-refractivity contribution in [3.8, 4) is 0 Å². The molecule has 0 aliphatic heterocycles. The lowest BCUT2D eigenvalue weighted by Crippen LogP contribution is -2.24. The van der Waals surface area contributed by atoms with Crippen molar-refractivity contribution in [2.24, 2.45) is 0 Å². The molecule has 0 radical (unpaired) electrons. The lowest BCUT2D eigenvalue weighted by Gasteiger charge is -2.32. The van der Waals surface area contributed by atoms with Crippen molar-refractivity contribution < 1.29 is 9.90 Å². The van der Waals surface area contributed by atoms with Crippen LogP contribution in [0.15, 0.2) is 48.0 Å². The second-order valence-corrected chi connectivity index (χ2v) is 7.47. The number of aromatic carboxylic acids is 1. The standard InChI is InChI=1S/C25H30O2/c1-5-20-21(6-2)25(7-3,8-4)22-11-9-10-19(23(20)22)16-17-12-14-18(15-13-17)24(26)27/h9-15H,5-8,16H2,1-4H3,(H,26,27). The number of allylic oxidation sites excluding steroid dienone is 2. The minimum atomic E-state index is -0.874. The molecule has 0 spiro atoms. The number of rotatable bonds is 7. The van der Waals surface area contributed by atoms with Gasteiger partial charge in [-0.1, -0.05) is 63.6 Å². The van der Waals surface area contributed by atoms with E-state index in [1.165, 1.54) is 22.3 Å². The van der Waals surface area contributed by atoms with E-state index >= 15 is 0 Å². The van der Waals surface area contributed by atoms with E-state index in [1.807, 2.05) is 12.1 Å². The van der Waals surface area contributed by atoms with E-state index in [-0.39, 0.29) is 5.41 Å². The minimum Gasteiger partial charge on any atom is -0.478 e. The van der Waals surface area contributed by atoms with Gasteiger partial charge in [0.25, 0.3) is 0 Å². The molecule has 0 saturated carbocycles. The molecule has 0 amide bonds. The third kappa shape index (κ3) is 3.12. The van der Waals surface area contributed by atoms with Gasteiger partial charge in [-0.2, -0.15) is 0 Å². The maximum atomic E-state index is 11.1. The highest BCUT2D eigenvalue weighted by Gasteiger charge is 2.41. The van der Waals surface area contributed by atoms with Gasteiger partial charge in [-0.25, -0.2) is 4.79 Å². The average molecular weight is 363 g/mol. The topological polar surface area (TPSA) is 37.3 Å². The normalized spacial score (nSPS) is 15.1. The molecule has 0 saturated heterocycles. The zero-order valence-electron chi connectivity index (χ0n) is 16.9. The molecular formula is C25H30O2. The zero-order valence-corrected chi connectivity index (χ0v) is 16.9. The van der Waals surface area contributed by atoms with Gasteiger partial charge in [-0.15, -0.1) is 0 Å². The third-order valence-electron chi connectivity index (χ3n) is 6.42. The van der Waals surface area contributed by atoms with E-state index in [9.17, 15) is 4.79 Å². The Morgan fingerprint density at radius 3 is 2.11 bits per heavy atom. The van der Waals surface area contributed by atoms with Gasteiger partial charge < -0.3 is 5.11 Å². The second kappa shape index (κ2) is 7.72. The largest absolute Gasteiger partial charge is 0.478 e. The van der Waals surface area contributed by atoms with Crippen molar-refractivity contribution >= 4 is 11.5 Å². The van der Waals surface area contributed by atoms with Crippen LogP contribution in [-0.2, 0) is 11.8 Å². The predicted octanol–water partition coefficient (Wildman–Crippen LogP) is 6.62. The minimum absolute atomic E-state index is 0.179. The third-order valence-corrected chi connectivity index (χ3v) is 6.42. The van der Waals surface area contributed by atoms with Crippen LogP contribution in [0.4, 0.5) is 0 Å². The summed E-state index contributed by atoms with van der Waals surface area (Å²) < 4.78 is 0. The Bertz CT molecular complexity index is 868. The number of fused-ring (bicyclic) bond motifs is 1. The molecule has 0 unspecified atom stereocenters. The van der Waals surface area contributed by atoms with Crippen molar-refractivity contribution in [3.05, 3.63) is 75.9 Å².